The zero-order valence-corrected chi connectivity index (χ0v) is 12.4. The van der Waals surface area contributed by atoms with Crippen molar-refractivity contribution in [1.82, 2.24) is 0 Å². The van der Waals surface area contributed by atoms with Gasteiger partial charge in [-0.2, -0.15) is 0 Å². The van der Waals surface area contributed by atoms with Crippen LogP contribution >= 0.6 is 0 Å². The van der Waals surface area contributed by atoms with Crippen LogP contribution < -0.4 is 10.5 Å². The largest absolute Gasteiger partial charge is 0.481 e. The van der Waals surface area contributed by atoms with E-state index < -0.39 is 5.97 Å². The first-order valence-corrected chi connectivity index (χ1v) is 7.42. The molecule has 0 aliphatic rings. The lowest BCUT2D eigenvalue weighted by molar-refractivity contribution is -0.137. The van der Waals surface area contributed by atoms with Crippen molar-refractivity contribution < 1.29 is 14.6 Å². The topological polar surface area (TPSA) is 72.6 Å². The van der Waals surface area contributed by atoms with Gasteiger partial charge in [0.05, 0.1) is 0 Å². The van der Waals surface area contributed by atoms with Gasteiger partial charge in [0, 0.05) is 12.5 Å². The third-order valence-corrected chi connectivity index (χ3v) is 3.44. The third kappa shape index (κ3) is 5.58. The number of carboxylic acids is 1. The lowest BCUT2D eigenvalue weighted by Crippen LogP contribution is -2.21. The highest BCUT2D eigenvalue weighted by atomic mass is 16.5. The molecule has 0 aromatic heterocycles. The monoisotopic (exact) mass is 299 g/mol. The van der Waals surface area contributed by atoms with Gasteiger partial charge in [-0.1, -0.05) is 30.3 Å². The van der Waals surface area contributed by atoms with Gasteiger partial charge < -0.3 is 15.6 Å². The highest BCUT2D eigenvalue weighted by Crippen LogP contribution is 2.21. The molecule has 0 radical (unpaired) electrons. The Hall–Kier alpha value is -2.33. The molecule has 2 rings (SSSR count). The molecule has 4 nitrogen and oxygen atoms in total. The van der Waals surface area contributed by atoms with Crippen molar-refractivity contribution in [3.63, 3.8) is 0 Å². The second-order valence-electron chi connectivity index (χ2n) is 5.29. The van der Waals surface area contributed by atoms with E-state index in [1.807, 2.05) is 54.6 Å². The van der Waals surface area contributed by atoms with E-state index in [9.17, 15) is 4.79 Å². The van der Waals surface area contributed by atoms with Crippen LogP contribution in [0.1, 0.15) is 24.8 Å². The van der Waals surface area contributed by atoms with Crippen LogP contribution in [0.3, 0.4) is 0 Å². The van der Waals surface area contributed by atoms with Gasteiger partial charge in [-0.25, -0.2) is 0 Å². The van der Waals surface area contributed by atoms with Crippen LogP contribution in [0.25, 0.3) is 0 Å². The van der Waals surface area contributed by atoms with Gasteiger partial charge in [0.2, 0.25) is 0 Å². The number of aliphatic carboxylic acids is 1. The smallest absolute Gasteiger partial charge is 0.303 e. The van der Waals surface area contributed by atoms with E-state index in [1.54, 1.807) is 0 Å². The van der Waals surface area contributed by atoms with Gasteiger partial charge in [-0.3, -0.25) is 4.79 Å². The third-order valence-electron chi connectivity index (χ3n) is 3.44. The van der Waals surface area contributed by atoms with Crippen molar-refractivity contribution in [1.29, 1.82) is 0 Å². The molecule has 0 amide bonds. The number of carboxylic acid groups (broad SMARTS) is 1. The molecule has 0 saturated carbocycles. The number of benzene rings is 2. The standard InChI is InChI=1S/C18H21NO3/c19-15(10-13-18(20)21)9-6-14-7-11-17(12-8-14)22-16-4-2-1-3-5-16/h1-5,7-8,11-12,15H,6,9-10,13,19H2,(H,20,21)/t15-/m1/s1. The lowest BCUT2D eigenvalue weighted by Gasteiger charge is -2.10. The number of hydrogen-bond donors (Lipinski definition) is 2. The number of carbonyl (C=O) groups is 1. The Kier molecular flexibility index (Phi) is 5.98. The Bertz CT molecular complexity index is 581. The summed E-state index contributed by atoms with van der Waals surface area (Å²) in [6.45, 7) is 0. The summed E-state index contributed by atoms with van der Waals surface area (Å²) in [7, 11) is 0. The first kappa shape index (κ1) is 16.0. The minimum Gasteiger partial charge on any atom is -0.481 e. The van der Waals surface area contributed by atoms with Gasteiger partial charge >= 0.3 is 5.97 Å². The highest BCUT2D eigenvalue weighted by Gasteiger charge is 2.06. The number of rotatable bonds is 8. The molecule has 0 spiro atoms. The second-order valence-corrected chi connectivity index (χ2v) is 5.29. The highest BCUT2D eigenvalue weighted by molar-refractivity contribution is 5.66. The van der Waals surface area contributed by atoms with Crippen LogP contribution in [-0.2, 0) is 11.2 Å². The van der Waals surface area contributed by atoms with Crippen molar-refractivity contribution in [2.75, 3.05) is 0 Å². The molecule has 2 aromatic carbocycles. The molecule has 3 N–H and O–H groups in total. The molecule has 0 aliphatic heterocycles. The molecule has 2 aromatic rings. The number of para-hydroxylation sites is 1. The summed E-state index contributed by atoms with van der Waals surface area (Å²) in [6.07, 6.45) is 2.27. The Balaban J connectivity index is 1.80. The van der Waals surface area contributed by atoms with Crippen LogP contribution in [0.15, 0.2) is 54.6 Å². The van der Waals surface area contributed by atoms with Crippen molar-refractivity contribution in [2.24, 2.45) is 5.73 Å². The van der Waals surface area contributed by atoms with Crippen molar-refractivity contribution in [3.8, 4) is 11.5 Å². The molecular formula is C18H21NO3. The Morgan fingerprint density at radius 1 is 1.00 bits per heavy atom. The molecule has 0 unspecified atom stereocenters. The number of ether oxygens (including phenoxy) is 1. The van der Waals surface area contributed by atoms with Crippen LogP contribution in [0, 0.1) is 0 Å². The molecule has 0 bridgehead atoms. The van der Waals surface area contributed by atoms with Gasteiger partial charge in [0.15, 0.2) is 0 Å². The zero-order chi connectivity index (χ0) is 15.8. The quantitative estimate of drug-likeness (QED) is 0.781. The van der Waals surface area contributed by atoms with E-state index in [1.165, 1.54) is 5.56 Å². The van der Waals surface area contributed by atoms with Crippen molar-refractivity contribution in [3.05, 3.63) is 60.2 Å². The predicted octanol–water partition coefficient (Wildman–Crippen LogP) is 3.60. The average molecular weight is 299 g/mol. The number of hydrogen-bond acceptors (Lipinski definition) is 3. The zero-order valence-electron chi connectivity index (χ0n) is 12.4. The summed E-state index contributed by atoms with van der Waals surface area (Å²) < 4.78 is 5.73. The SMILES string of the molecule is N[C@@H](CCC(=O)O)CCc1ccc(Oc2ccccc2)cc1. The summed E-state index contributed by atoms with van der Waals surface area (Å²) in [5.74, 6) is 0.814. The van der Waals surface area contributed by atoms with Crippen LogP contribution in [-0.4, -0.2) is 17.1 Å². The van der Waals surface area contributed by atoms with E-state index in [-0.39, 0.29) is 12.5 Å². The first-order chi connectivity index (χ1) is 10.6. The minimum absolute atomic E-state index is 0.0728. The van der Waals surface area contributed by atoms with E-state index in [2.05, 4.69) is 0 Å². The average Bonchev–Trinajstić information content (AvgIpc) is 2.53. The van der Waals surface area contributed by atoms with E-state index in [4.69, 9.17) is 15.6 Å². The minimum atomic E-state index is -0.794. The number of aryl methyl sites for hydroxylation is 1. The van der Waals surface area contributed by atoms with Gasteiger partial charge in [0.1, 0.15) is 11.5 Å². The molecule has 116 valence electrons. The molecule has 0 heterocycles. The van der Waals surface area contributed by atoms with E-state index >= 15 is 0 Å². The molecule has 1 atom stereocenters. The van der Waals surface area contributed by atoms with Crippen LogP contribution in [0.2, 0.25) is 0 Å². The maximum absolute atomic E-state index is 10.5. The fourth-order valence-electron chi connectivity index (χ4n) is 2.15. The van der Waals surface area contributed by atoms with E-state index in [0.29, 0.717) is 6.42 Å². The molecule has 22 heavy (non-hydrogen) atoms. The molecule has 0 fully saturated rings. The molecular weight excluding hydrogens is 278 g/mol. The summed E-state index contributed by atoms with van der Waals surface area (Å²) in [6, 6.07) is 17.5. The Morgan fingerprint density at radius 2 is 1.64 bits per heavy atom. The maximum atomic E-state index is 10.5. The van der Waals surface area contributed by atoms with Gasteiger partial charge in [0.25, 0.3) is 0 Å². The van der Waals surface area contributed by atoms with Crippen molar-refractivity contribution >= 4 is 5.97 Å². The Labute approximate surface area is 130 Å². The van der Waals surface area contributed by atoms with Crippen molar-refractivity contribution in [2.45, 2.75) is 31.7 Å². The summed E-state index contributed by atoms with van der Waals surface area (Å²) in [4.78, 5) is 10.5. The lowest BCUT2D eigenvalue weighted by atomic mass is 10.0. The summed E-state index contributed by atoms with van der Waals surface area (Å²) in [5.41, 5.74) is 7.09. The first-order valence-electron chi connectivity index (χ1n) is 7.42. The summed E-state index contributed by atoms with van der Waals surface area (Å²) >= 11 is 0. The maximum Gasteiger partial charge on any atom is 0.303 e. The fourth-order valence-corrected chi connectivity index (χ4v) is 2.15. The van der Waals surface area contributed by atoms with Gasteiger partial charge in [-0.05, 0) is 49.1 Å². The molecule has 0 aliphatic carbocycles. The Morgan fingerprint density at radius 3 is 2.27 bits per heavy atom. The molecule has 4 heteroatoms. The normalized spacial score (nSPS) is 11.9. The van der Waals surface area contributed by atoms with E-state index in [0.717, 1.165) is 24.3 Å². The van der Waals surface area contributed by atoms with Crippen LogP contribution in [0.5, 0.6) is 11.5 Å². The van der Waals surface area contributed by atoms with Gasteiger partial charge in [-0.15, -0.1) is 0 Å². The fraction of sp³-hybridized carbons (Fsp3) is 0.278. The van der Waals surface area contributed by atoms with Crippen LogP contribution in [0.4, 0.5) is 0 Å². The summed E-state index contributed by atoms with van der Waals surface area (Å²) in [5, 5.41) is 8.63. The molecule has 0 saturated heterocycles. The predicted molar refractivity (Wildman–Crippen MR) is 86.1 cm³/mol. The second kappa shape index (κ2) is 8.20. The number of nitrogens with two attached hydrogens (primary N) is 1.